The van der Waals surface area contributed by atoms with Gasteiger partial charge in [0.25, 0.3) is 0 Å². The molecule has 8 heteroatoms. The van der Waals surface area contributed by atoms with Gasteiger partial charge in [-0.3, -0.25) is 9.59 Å². The second-order valence-electron chi connectivity index (χ2n) is 10.4. The molecule has 0 radical (unpaired) electrons. The maximum atomic E-state index is 13.4. The summed E-state index contributed by atoms with van der Waals surface area (Å²) in [6.07, 6.45) is 0.275. The number of ether oxygens (including phenoxy) is 2. The normalized spacial score (nSPS) is 11.1. The Labute approximate surface area is 271 Å². The molecule has 2 amide bonds. The van der Waals surface area contributed by atoms with E-state index in [0.717, 1.165) is 52.4 Å². The van der Waals surface area contributed by atoms with E-state index < -0.39 is 0 Å². The van der Waals surface area contributed by atoms with Crippen molar-refractivity contribution < 1.29 is 19.1 Å². The predicted molar refractivity (Wildman–Crippen MR) is 185 cm³/mol. The van der Waals surface area contributed by atoms with E-state index in [2.05, 4.69) is 42.5 Å². The average Bonchev–Trinajstić information content (AvgIpc) is 3.01. The van der Waals surface area contributed by atoms with Crippen LogP contribution in [0.15, 0.2) is 106 Å². The Balaban J connectivity index is 1.25. The van der Waals surface area contributed by atoms with Crippen LogP contribution in [0, 0.1) is 0 Å². The standard InChI is InChI=1S/C36H28Br2N2O4/c1-43-33-15-9-21-17-23(37)11-13-25(21)29(33)19-35(41)39-31-7-3-6-28-27(31)5-4-8-32(28)40-36(42)20-30-26-14-12-24(38)18-22(26)10-16-34(30)44-2/h3-18H,19-20H2,1-2H3,(H,39,41)(H,40,42). The number of fused-ring (bicyclic) bond motifs is 3. The molecule has 0 heterocycles. The molecule has 0 bridgehead atoms. The number of methoxy groups -OCH3 is 2. The molecule has 6 nitrogen and oxygen atoms in total. The molecule has 0 saturated heterocycles. The van der Waals surface area contributed by atoms with Gasteiger partial charge in [-0.15, -0.1) is 0 Å². The first-order valence-corrected chi connectivity index (χ1v) is 15.5. The molecular formula is C36H28Br2N2O4. The number of nitrogens with one attached hydrogen (secondary N) is 2. The summed E-state index contributed by atoms with van der Waals surface area (Å²) in [5, 5.41) is 11.8. The van der Waals surface area contributed by atoms with Crippen LogP contribution in [-0.2, 0) is 22.4 Å². The fourth-order valence-electron chi connectivity index (χ4n) is 5.68. The Morgan fingerprint density at radius 3 is 1.41 bits per heavy atom. The maximum Gasteiger partial charge on any atom is 0.228 e. The van der Waals surface area contributed by atoms with Crippen LogP contribution in [0.2, 0.25) is 0 Å². The first kappa shape index (κ1) is 29.7. The summed E-state index contributed by atoms with van der Waals surface area (Å²) < 4.78 is 13.1. The molecule has 0 unspecified atom stereocenters. The van der Waals surface area contributed by atoms with Gasteiger partial charge in [-0.25, -0.2) is 0 Å². The van der Waals surface area contributed by atoms with Crippen molar-refractivity contribution in [2.75, 3.05) is 24.9 Å². The van der Waals surface area contributed by atoms with E-state index in [1.54, 1.807) is 14.2 Å². The van der Waals surface area contributed by atoms with E-state index in [1.165, 1.54) is 0 Å². The number of carbonyl (C=O) groups is 2. The van der Waals surface area contributed by atoms with Gasteiger partial charge in [0.15, 0.2) is 0 Å². The highest BCUT2D eigenvalue weighted by Gasteiger charge is 2.17. The lowest BCUT2D eigenvalue weighted by Gasteiger charge is -2.15. The van der Waals surface area contributed by atoms with Crippen molar-refractivity contribution >= 4 is 87.4 Å². The Bertz CT molecular complexity index is 1930. The van der Waals surface area contributed by atoms with Crippen LogP contribution < -0.4 is 20.1 Å². The van der Waals surface area contributed by atoms with Gasteiger partial charge in [-0.2, -0.15) is 0 Å². The van der Waals surface area contributed by atoms with E-state index in [0.29, 0.717) is 22.9 Å². The van der Waals surface area contributed by atoms with Gasteiger partial charge >= 0.3 is 0 Å². The molecular weight excluding hydrogens is 684 g/mol. The van der Waals surface area contributed by atoms with Gasteiger partial charge in [0.05, 0.1) is 27.1 Å². The van der Waals surface area contributed by atoms with E-state index in [4.69, 9.17) is 9.47 Å². The van der Waals surface area contributed by atoms with Crippen molar-refractivity contribution in [3.8, 4) is 11.5 Å². The zero-order valence-electron chi connectivity index (χ0n) is 24.0. The zero-order valence-corrected chi connectivity index (χ0v) is 27.2. The minimum Gasteiger partial charge on any atom is -0.496 e. The number of hydrogen-bond acceptors (Lipinski definition) is 4. The first-order chi connectivity index (χ1) is 21.3. The predicted octanol–water partition coefficient (Wildman–Crippen LogP) is 9.05. The second kappa shape index (κ2) is 12.7. The molecule has 6 aromatic rings. The SMILES string of the molecule is COc1ccc2cc(Br)ccc2c1CC(=O)Nc1cccc2c(NC(=O)Cc3c(OC)ccc4cc(Br)ccc34)cccc12. The summed E-state index contributed by atoms with van der Waals surface area (Å²) in [5.41, 5.74) is 2.96. The molecule has 0 aromatic heterocycles. The van der Waals surface area contributed by atoms with Gasteiger partial charge in [-0.1, -0.05) is 80.4 Å². The Morgan fingerprint density at radius 2 is 1.00 bits per heavy atom. The van der Waals surface area contributed by atoms with Crippen LogP contribution >= 0.6 is 31.9 Å². The molecule has 6 rings (SSSR count). The minimum atomic E-state index is -0.171. The Kier molecular flexibility index (Phi) is 8.55. The number of carbonyl (C=O) groups excluding carboxylic acids is 2. The van der Waals surface area contributed by atoms with Crippen LogP contribution in [-0.4, -0.2) is 26.0 Å². The maximum absolute atomic E-state index is 13.4. The highest BCUT2D eigenvalue weighted by atomic mass is 79.9. The zero-order chi connectivity index (χ0) is 30.8. The molecule has 0 aliphatic rings. The van der Waals surface area contributed by atoms with E-state index in [-0.39, 0.29) is 24.7 Å². The van der Waals surface area contributed by atoms with Crippen LogP contribution in [0.1, 0.15) is 11.1 Å². The summed E-state index contributed by atoms with van der Waals surface area (Å²) in [5.74, 6) is 0.979. The summed E-state index contributed by atoms with van der Waals surface area (Å²) in [6.45, 7) is 0. The molecule has 0 spiro atoms. The number of anilines is 2. The molecule has 0 saturated carbocycles. The topological polar surface area (TPSA) is 76.7 Å². The minimum absolute atomic E-state index is 0.137. The first-order valence-electron chi connectivity index (χ1n) is 14.0. The van der Waals surface area contributed by atoms with Gasteiger partial charge < -0.3 is 20.1 Å². The fraction of sp³-hybridized carbons (Fsp3) is 0.111. The summed E-state index contributed by atoms with van der Waals surface area (Å²) >= 11 is 7.04. The number of halogens is 2. The Morgan fingerprint density at radius 1 is 0.568 bits per heavy atom. The smallest absolute Gasteiger partial charge is 0.228 e. The fourth-order valence-corrected chi connectivity index (χ4v) is 6.43. The van der Waals surface area contributed by atoms with Crippen molar-refractivity contribution in [3.05, 3.63) is 117 Å². The molecule has 220 valence electrons. The molecule has 0 fully saturated rings. The Hall–Kier alpha value is -4.40. The molecule has 44 heavy (non-hydrogen) atoms. The van der Waals surface area contributed by atoms with Gasteiger partial charge in [0, 0.05) is 42.2 Å². The monoisotopic (exact) mass is 710 g/mol. The largest absolute Gasteiger partial charge is 0.496 e. The molecule has 0 aliphatic heterocycles. The number of rotatable bonds is 8. The van der Waals surface area contributed by atoms with Crippen molar-refractivity contribution in [2.45, 2.75) is 12.8 Å². The molecule has 0 atom stereocenters. The summed E-state index contributed by atoms with van der Waals surface area (Å²) in [4.78, 5) is 26.8. The average molecular weight is 712 g/mol. The number of hydrogen-bond donors (Lipinski definition) is 2. The van der Waals surface area contributed by atoms with Crippen LogP contribution in [0.4, 0.5) is 11.4 Å². The van der Waals surface area contributed by atoms with Gasteiger partial charge in [0.1, 0.15) is 11.5 Å². The lowest BCUT2D eigenvalue weighted by atomic mass is 10.00. The van der Waals surface area contributed by atoms with E-state index in [9.17, 15) is 9.59 Å². The van der Waals surface area contributed by atoms with E-state index >= 15 is 0 Å². The number of benzene rings is 6. The lowest BCUT2D eigenvalue weighted by Crippen LogP contribution is -2.16. The third kappa shape index (κ3) is 6.00. The van der Waals surface area contributed by atoms with Crippen LogP contribution in [0.25, 0.3) is 32.3 Å². The molecule has 2 N–H and O–H groups in total. The quantitative estimate of drug-likeness (QED) is 0.165. The summed E-state index contributed by atoms with van der Waals surface area (Å²) in [7, 11) is 3.22. The molecule has 0 aliphatic carbocycles. The molecule has 6 aromatic carbocycles. The second-order valence-corrected chi connectivity index (χ2v) is 12.2. The third-order valence-corrected chi connectivity index (χ3v) is 8.67. The summed E-state index contributed by atoms with van der Waals surface area (Å²) in [6, 6.07) is 31.0. The lowest BCUT2D eigenvalue weighted by molar-refractivity contribution is -0.116. The van der Waals surface area contributed by atoms with Gasteiger partial charge in [0.2, 0.25) is 11.8 Å². The van der Waals surface area contributed by atoms with Crippen molar-refractivity contribution in [1.82, 2.24) is 0 Å². The van der Waals surface area contributed by atoms with E-state index in [1.807, 2.05) is 97.1 Å². The van der Waals surface area contributed by atoms with Crippen LogP contribution in [0.3, 0.4) is 0 Å². The van der Waals surface area contributed by atoms with Crippen molar-refractivity contribution in [2.24, 2.45) is 0 Å². The highest BCUT2D eigenvalue weighted by molar-refractivity contribution is 9.10. The number of amides is 2. The third-order valence-electron chi connectivity index (χ3n) is 7.69. The van der Waals surface area contributed by atoms with Crippen molar-refractivity contribution in [3.63, 3.8) is 0 Å². The van der Waals surface area contributed by atoms with Gasteiger partial charge in [-0.05, 0) is 70.1 Å². The van der Waals surface area contributed by atoms with Crippen LogP contribution in [0.5, 0.6) is 11.5 Å². The highest BCUT2D eigenvalue weighted by Crippen LogP contribution is 2.34. The van der Waals surface area contributed by atoms with Crippen molar-refractivity contribution in [1.29, 1.82) is 0 Å².